The molecule has 3 aromatic carbocycles. The van der Waals surface area contributed by atoms with Gasteiger partial charge in [0.25, 0.3) is 5.56 Å². The number of hydrogen-bond acceptors (Lipinski definition) is 6. The highest BCUT2D eigenvalue weighted by molar-refractivity contribution is 7.99. The van der Waals surface area contributed by atoms with Gasteiger partial charge in [-0.05, 0) is 42.6 Å². The summed E-state index contributed by atoms with van der Waals surface area (Å²) in [5.41, 5.74) is 1.51. The van der Waals surface area contributed by atoms with Gasteiger partial charge in [-0.15, -0.1) is 0 Å². The SMILES string of the molecule is CCOc1ccc(NC(=O)CSc2nc3[nH]ncc3c(=O)n2-c2cccc3ccccc23)cc1. The van der Waals surface area contributed by atoms with Crippen molar-refractivity contribution in [1.82, 2.24) is 19.7 Å². The first kappa shape index (κ1) is 21.7. The zero-order chi connectivity index (χ0) is 23.5. The number of aromatic amines is 1. The quantitative estimate of drug-likeness (QED) is 0.270. The van der Waals surface area contributed by atoms with E-state index >= 15 is 0 Å². The molecule has 170 valence electrons. The van der Waals surface area contributed by atoms with Gasteiger partial charge in [0, 0.05) is 11.1 Å². The number of anilines is 1. The van der Waals surface area contributed by atoms with E-state index in [0.717, 1.165) is 16.5 Å². The Bertz CT molecular complexity index is 1540. The number of carbonyl (C=O) groups excluding carboxylic acids is 1. The smallest absolute Gasteiger partial charge is 0.269 e. The molecule has 1 amide bonds. The molecule has 5 rings (SSSR count). The molecule has 0 radical (unpaired) electrons. The van der Waals surface area contributed by atoms with Crippen LogP contribution < -0.4 is 15.6 Å². The monoisotopic (exact) mass is 471 g/mol. The molecular formula is C25H21N5O3S. The van der Waals surface area contributed by atoms with E-state index in [0.29, 0.717) is 34.2 Å². The number of carbonyl (C=O) groups is 1. The predicted octanol–water partition coefficient (Wildman–Crippen LogP) is 4.39. The zero-order valence-electron chi connectivity index (χ0n) is 18.3. The number of ether oxygens (including phenoxy) is 1. The van der Waals surface area contributed by atoms with E-state index in [2.05, 4.69) is 20.5 Å². The standard InChI is InChI=1S/C25H21N5O3S/c1-2-33-18-12-10-17(11-13-18)27-22(31)15-34-25-28-23-20(14-26-29-23)24(32)30(25)21-9-5-7-16-6-3-4-8-19(16)21/h3-14H,2,15H2,1H3,(H,26,29)(H,27,31). The molecule has 34 heavy (non-hydrogen) atoms. The first-order chi connectivity index (χ1) is 16.6. The lowest BCUT2D eigenvalue weighted by Crippen LogP contribution is -2.22. The maximum absolute atomic E-state index is 13.4. The van der Waals surface area contributed by atoms with Crippen LogP contribution in [0.1, 0.15) is 6.92 Å². The number of rotatable bonds is 7. The highest BCUT2D eigenvalue weighted by atomic mass is 32.2. The third-order valence-electron chi connectivity index (χ3n) is 5.24. The predicted molar refractivity (Wildman–Crippen MR) is 134 cm³/mol. The summed E-state index contributed by atoms with van der Waals surface area (Å²) in [6.45, 7) is 2.49. The largest absolute Gasteiger partial charge is 0.494 e. The molecule has 0 saturated heterocycles. The van der Waals surface area contributed by atoms with Gasteiger partial charge in [0.05, 0.1) is 24.2 Å². The average Bonchev–Trinajstić information content (AvgIpc) is 3.33. The number of benzene rings is 3. The third kappa shape index (κ3) is 4.25. The molecule has 2 heterocycles. The van der Waals surface area contributed by atoms with Crippen molar-refractivity contribution in [3.63, 3.8) is 0 Å². The van der Waals surface area contributed by atoms with E-state index in [-0.39, 0.29) is 17.2 Å². The average molecular weight is 472 g/mol. The Balaban J connectivity index is 1.46. The van der Waals surface area contributed by atoms with Crippen LogP contribution in [0.25, 0.3) is 27.5 Å². The van der Waals surface area contributed by atoms with Gasteiger partial charge in [-0.25, -0.2) is 4.98 Å². The first-order valence-electron chi connectivity index (χ1n) is 10.7. The van der Waals surface area contributed by atoms with Gasteiger partial charge < -0.3 is 10.1 Å². The third-order valence-corrected chi connectivity index (χ3v) is 6.18. The fourth-order valence-electron chi connectivity index (χ4n) is 3.71. The van der Waals surface area contributed by atoms with E-state index < -0.39 is 0 Å². The molecular weight excluding hydrogens is 450 g/mol. The highest BCUT2D eigenvalue weighted by Crippen LogP contribution is 2.26. The van der Waals surface area contributed by atoms with Gasteiger partial charge in [0.1, 0.15) is 11.1 Å². The molecule has 0 saturated carbocycles. The molecule has 0 aliphatic heterocycles. The number of amides is 1. The van der Waals surface area contributed by atoms with Crippen molar-refractivity contribution >= 4 is 45.2 Å². The Morgan fingerprint density at radius 1 is 1.06 bits per heavy atom. The number of aromatic nitrogens is 4. The molecule has 9 heteroatoms. The topological polar surface area (TPSA) is 102 Å². The Labute approximate surface area is 199 Å². The maximum atomic E-state index is 13.4. The second kappa shape index (κ2) is 9.40. The minimum atomic E-state index is -0.246. The first-order valence-corrected chi connectivity index (χ1v) is 11.7. The van der Waals surface area contributed by atoms with Crippen LogP contribution in [0, 0.1) is 0 Å². The van der Waals surface area contributed by atoms with Crippen molar-refractivity contribution in [1.29, 1.82) is 0 Å². The Morgan fingerprint density at radius 2 is 1.85 bits per heavy atom. The van der Waals surface area contributed by atoms with Crippen LogP contribution in [-0.2, 0) is 4.79 Å². The summed E-state index contributed by atoms with van der Waals surface area (Å²) in [6.07, 6.45) is 1.47. The van der Waals surface area contributed by atoms with Crippen molar-refractivity contribution < 1.29 is 9.53 Å². The molecule has 0 fully saturated rings. The lowest BCUT2D eigenvalue weighted by Gasteiger charge is -2.14. The second-order valence-electron chi connectivity index (χ2n) is 7.46. The Hall–Kier alpha value is -4.11. The van der Waals surface area contributed by atoms with Crippen LogP contribution in [-0.4, -0.2) is 38.0 Å². The van der Waals surface area contributed by atoms with E-state index in [1.165, 1.54) is 18.0 Å². The lowest BCUT2D eigenvalue weighted by atomic mass is 10.1. The number of thioether (sulfide) groups is 1. The van der Waals surface area contributed by atoms with Gasteiger partial charge >= 0.3 is 0 Å². The molecule has 5 aromatic rings. The van der Waals surface area contributed by atoms with E-state index in [1.54, 1.807) is 28.8 Å². The Morgan fingerprint density at radius 3 is 2.68 bits per heavy atom. The summed E-state index contributed by atoms with van der Waals surface area (Å²) in [5.74, 6) is 0.605. The number of nitrogens with one attached hydrogen (secondary N) is 2. The van der Waals surface area contributed by atoms with Gasteiger partial charge in [0.15, 0.2) is 10.8 Å². The van der Waals surface area contributed by atoms with E-state index in [1.807, 2.05) is 49.4 Å². The van der Waals surface area contributed by atoms with Gasteiger partial charge in [0.2, 0.25) is 5.91 Å². The zero-order valence-corrected chi connectivity index (χ0v) is 19.1. The van der Waals surface area contributed by atoms with Crippen LogP contribution in [0.15, 0.2) is 82.9 Å². The van der Waals surface area contributed by atoms with Crippen molar-refractivity contribution in [2.24, 2.45) is 0 Å². The fourth-order valence-corrected chi connectivity index (χ4v) is 4.51. The highest BCUT2D eigenvalue weighted by Gasteiger charge is 2.17. The fraction of sp³-hybridized carbons (Fsp3) is 0.120. The normalized spacial score (nSPS) is 11.1. The molecule has 0 atom stereocenters. The molecule has 0 aliphatic rings. The second-order valence-corrected chi connectivity index (χ2v) is 8.40. The summed E-state index contributed by atoms with van der Waals surface area (Å²) in [4.78, 5) is 30.7. The van der Waals surface area contributed by atoms with Crippen LogP contribution in [0.5, 0.6) is 5.75 Å². The maximum Gasteiger partial charge on any atom is 0.269 e. The molecule has 2 aromatic heterocycles. The minimum absolute atomic E-state index is 0.0735. The number of nitrogens with zero attached hydrogens (tertiary/aromatic N) is 3. The van der Waals surface area contributed by atoms with Crippen LogP contribution >= 0.6 is 11.8 Å². The summed E-state index contributed by atoms with van der Waals surface area (Å²) in [5, 5.41) is 12.3. The minimum Gasteiger partial charge on any atom is -0.494 e. The van der Waals surface area contributed by atoms with Crippen LogP contribution in [0.4, 0.5) is 5.69 Å². The van der Waals surface area contributed by atoms with Gasteiger partial charge in [-0.2, -0.15) is 5.10 Å². The van der Waals surface area contributed by atoms with Gasteiger partial charge in [-0.1, -0.05) is 48.2 Å². The lowest BCUT2D eigenvalue weighted by molar-refractivity contribution is -0.113. The summed E-state index contributed by atoms with van der Waals surface area (Å²) >= 11 is 1.19. The van der Waals surface area contributed by atoms with Crippen LogP contribution in [0.2, 0.25) is 0 Å². The molecule has 2 N–H and O–H groups in total. The molecule has 8 nitrogen and oxygen atoms in total. The van der Waals surface area contributed by atoms with E-state index in [9.17, 15) is 9.59 Å². The Kier molecular flexibility index (Phi) is 6.01. The number of fused-ring (bicyclic) bond motifs is 2. The number of hydrogen-bond donors (Lipinski definition) is 2. The molecule has 0 spiro atoms. The van der Waals surface area contributed by atoms with Crippen LogP contribution in [0.3, 0.4) is 0 Å². The molecule has 0 bridgehead atoms. The van der Waals surface area contributed by atoms with Crippen molar-refractivity contribution in [3.05, 3.63) is 83.3 Å². The summed E-state index contributed by atoms with van der Waals surface area (Å²) < 4.78 is 6.98. The summed E-state index contributed by atoms with van der Waals surface area (Å²) in [6, 6.07) is 20.8. The summed E-state index contributed by atoms with van der Waals surface area (Å²) in [7, 11) is 0. The van der Waals surface area contributed by atoms with Gasteiger partial charge in [-0.3, -0.25) is 19.3 Å². The number of H-pyrrole nitrogens is 1. The van der Waals surface area contributed by atoms with Crippen molar-refractivity contribution in [3.8, 4) is 11.4 Å². The molecule has 0 aliphatic carbocycles. The van der Waals surface area contributed by atoms with Crippen molar-refractivity contribution in [2.45, 2.75) is 12.1 Å². The molecule has 0 unspecified atom stereocenters. The van der Waals surface area contributed by atoms with E-state index in [4.69, 9.17) is 4.74 Å². The van der Waals surface area contributed by atoms with Crippen molar-refractivity contribution in [2.75, 3.05) is 17.7 Å².